The standard InChI is InChI=1S/C25H28F3N5O2/c1-14(17-6-5-7-18(22(17)26)23(27)28)30-24-19-12-21(29-13-20(19)31-15(2)32-24)25(35-4)8-10-33(11-9-25)16(3)34/h5-7,12-14,23H,8-11H2,1-4H3,(H,30,31,32)/t14-/m1/s1. The van der Waals surface area contributed by atoms with E-state index >= 15 is 0 Å². The highest BCUT2D eigenvalue weighted by atomic mass is 19.3. The molecule has 35 heavy (non-hydrogen) atoms. The number of pyridine rings is 1. The smallest absolute Gasteiger partial charge is 0.266 e. The van der Waals surface area contributed by atoms with E-state index in [0.717, 1.165) is 6.07 Å². The minimum Gasteiger partial charge on any atom is -0.372 e. The molecule has 0 saturated carbocycles. The number of alkyl halides is 2. The quantitative estimate of drug-likeness (QED) is 0.523. The second-order valence-electron chi connectivity index (χ2n) is 8.83. The van der Waals surface area contributed by atoms with Crippen molar-refractivity contribution in [2.45, 2.75) is 51.7 Å². The van der Waals surface area contributed by atoms with E-state index in [4.69, 9.17) is 4.74 Å². The van der Waals surface area contributed by atoms with Crippen molar-refractivity contribution in [3.8, 4) is 0 Å². The summed E-state index contributed by atoms with van der Waals surface area (Å²) in [5.41, 5.74) is 0.0812. The number of ether oxygens (including phenoxy) is 1. The highest BCUT2D eigenvalue weighted by Gasteiger charge is 2.38. The normalized spacial score (nSPS) is 16.5. The first-order chi connectivity index (χ1) is 16.6. The third-order valence-electron chi connectivity index (χ3n) is 6.68. The van der Waals surface area contributed by atoms with E-state index in [1.807, 2.05) is 6.07 Å². The van der Waals surface area contributed by atoms with Gasteiger partial charge in [-0.25, -0.2) is 23.1 Å². The van der Waals surface area contributed by atoms with Gasteiger partial charge in [0.15, 0.2) is 0 Å². The van der Waals surface area contributed by atoms with Gasteiger partial charge in [-0.1, -0.05) is 18.2 Å². The maximum Gasteiger partial charge on any atom is 0.266 e. The SMILES string of the molecule is COC1(c2cc3c(N[C@H](C)c4cccc(C(F)F)c4F)nc(C)nc3cn2)CCN(C(C)=O)CC1. The molecule has 1 aliphatic heterocycles. The Bertz CT molecular complexity index is 1250. The zero-order valence-electron chi connectivity index (χ0n) is 20.1. The minimum absolute atomic E-state index is 0.0219. The van der Waals surface area contributed by atoms with E-state index < -0.39 is 29.4 Å². The van der Waals surface area contributed by atoms with Crippen LogP contribution in [0.2, 0.25) is 0 Å². The largest absolute Gasteiger partial charge is 0.372 e. The summed E-state index contributed by atoms with van der Waals surface area (Å²) in [6.07, 6.45) is -0.0960. The van der Waals surface area contributed by atoms with Crippen LogP contribution >= 0.6 is 0 Å². The fourth-order valence-corrected chi connectivity index (χ4v) is 4.61. The summed E-state index contributed by atoms with van der Waals surface area (Å²) in [5.74, 6) is 0.0156. The average molecular weight is 488 g/mol. The maximum atomic E-state index is 14.8. The number of rotatable bonds is 6. The predicted octanol–water partition coefficient (Wildman–Crippen LogP) is 5.07. The topological polar surface area (TPSA) is 80.2 Å². The van der Waals surface area contributed by atoms with Gasteiger partial charge < -0.3 is 15.0 Å². The number of aryl methyl sites for hydroxylation is 1. The van der Waals surface area contributed by atoms with Gasteiger partial charge >= 0.3 is 0 Å². The molecule has 2 aromatic heterocycles. The molecule has 1 aromatic carbocycles. The summed E-state index contributed by atoms with van der Waals surface area (Å²) in [5, 5.41) is 3.83. The fraction of sp³-hybridized carbons (Fsp3) is 0.440. The van der Waals surface area contributed by atoms with Gasteiger partial charge in [-0.3, -0.25) is 9.78 Å². The number of carbonyl (C=O) groups is 1. The maximum absolute atomic E-state index is 14.8. The van der Waals surface area contributed by atoms with Crippen LogP contribution in [-0.4, -0.2) is 46.0 Å². The Morgan fingerprint density at radius 1 is 1.20 bits per heavy atom. The van der Waals surface area contributed by atoms with Crippen molar-refractivity contribution in [1.82, 2.24) is 19.9 Å². The summed E-state index contributed by atoms with van der Waals surface area (Å²) in [4.78, 5) is 27.1. The lowest BCUT2D eigenvalue weighted by Gasteiger charge is -2.40. The molecule has 3 aromatic rings. The first kappa shape index (κ1) is 24.8. The van der Waals surface area contributed by atoms with E-state index in [9.17, 15) is 18.0 Å². The lowest BCUT2D eigenvalue weighted by molar-refractivity contribution is -0.135. The molecule has 0 spiro atoms. The number of hydrogen-bond donors (Lipinski definition) is 1. The molecule has 0 aliphatic carbocycles. The lowest BCUT2D eigenvalue weighted by atomic mass is 9.87. The number of nitrogens with zero attached hydrogens (tertiary/aromatic N) is 4. The number of halogens is 3. The molecule has 1 N–H and O–H groups in total. The predicted molar refractivity (Wildman–Crippen MR) is 126 cm³/mol. The molecule has 186 valence electrons. The third kappa shape index (κ3) is 4.80. The number of methoxy groups -OCH3 is 1. The van der Waals surface area contributed by atoms with E-state index in [2.05, 4.69) is 20.3 Å². The molecule has 10 heteroatoms. The summed E-state index contributed by atoms with van der Waals surface area (Å²) in [7, 11) is 1.63. The molecule has 1 atom stereocenters. The molecule has 7 nitrogen and oxygen atoms in total. The van der Waals surface area contributed by atoms with Gasteiger partial charge in [0.05, 0.1) is 29.0 Å². The van der Waals surface area contributed by atoms with Gasteiger partial charge in [-0.2, -0.15) is 0 Å². The van der Waals surface area contributed by atoms with Gasteiger partial charge in [-0.15, -0.1) is 0 Å². The number of anilines is 1. The van der Waals surface area contributed by atoms with Gasteiger partial charge in [-0.05, 0) is 32.8 Å². The van der Waals surface area contributed by atoms with Crippen molar-refractivity contribution in [2.24, 2.45) is 0 Å². The number of benzene rings is 1. The zero-order valence-corrected chi connectivity index (χ0v) is 20.1. The van der Waals surface area contributed by atoms with Crippen LogP contribution in [0.1, 0.15) is 61.8 Å². The second kappa shape index (κ2) is 9.77. The van der Waals surface area contributed by atoms with Crippen LogP contribution in [0.15, 0.2) is 30.5 Å². The van der Waals surface area contributed by atoms with Crippen LogP contribution < -0.4 is 5.32 Å². The lowest BCUT2D eigenvalue weighted by Crippen LogP contribution is -2.45. The molecule has 4 rings (SSSR count). The van der Waals surface area contributed by atoms with Crippen molar-refractivity contribution in [1.29, 1.82) is 0 Å². The number of aromatic nitrogens is 3. The van der Waals surface area contributed by atoms with Crippen LogP contribution in [0.25, 0.3) is 10.9 Å². The van der Waals surface area contributed by atoms with E-state index in [1.54, 1.807) is 39.0 Å². The summed E-state index contributed by atoms with van der Waals surface area (Å²) >= 11 is 0. The first-order valence-electron chi connectivity index (χ1n) is 11.4. The number of fused-ring (bicyclic) bond motifs is 1. The molecule has 0 radical (unpaired) electrons. The second-order valence-corrected chi connectivity index (χ2v) is 8.83. The highest BCUT2D eigenvalue weighted by molar-refractivity contribution is 5.89. The molecule has 1 saturated heterocycles. The first-order valence-corrected chi connectivity index (χ1v) is 11.4. The third-order valence-corrected chi connectivity index (χ3v) is 6.68. The van der Waals surface area contributed by atoms with Crippen LogP contribution in [0.5, 0.6) is 0 Å². The summed E-state index contributed by atoms with van der Waals surface area (Å²) < 4.78 is 47.1. The molecule has 1 fully saturated rings. The minimum atomic E-state index is -2.91. The van der Waals surface area contributed by atoms with E-state index in [-0.39, 0.29) is 11.5 Å². The number of hydrogen-bond acceptors (Lipinski definition) is 6. The Kier molecular flexibility index (Phi) is 6.93. The van der Waals surface area contributed by atoms with Gasteiger partial charge in [0.2, 0.25) is 5.91 Å². The van der Waals surface area contributed by atoms with Crippen LogP contribution in [0.3, 0.4) is 0 Å². The average Bonchev–Trinajstić information content (AvgIpc) is 2.83. The summed E-state index contributed by atoms with van der Waals surface area (Å²) in [6.45, 7) is 6.07. The van der Waals surface area contributed by atoms with Gasteiger partial charge in [0.1, 0.15) is 23.1 Å². The summed E-state index contributed by atoms with van der Waals surface area (Å²) in [6, 6.07) is 5.19. The van der Waals surface area contributed by atoms with Crippen LogP contribution in [0, 0.1) is 12.7 Å². The van der Waals surface area contributed by atoms with Crippen molar-refractivity contribution in [3.63, 3.8) is 0 Å². The van der Waals surface area contributed by atoms with Crippen LogP contribution in [-0.2, 0) is 15.1 Å². The zero-order chi connectivity index (χ0) is 25.3. The Balaban J connectivity index is 1.71. The Hall–Kier alpha value is -3.27. The number of amides is 1. The van der Waals surface area contributed by atoms with Crippen molar-refractivity contribution < 1.29 is 22.7 Å². The molecule has 1 aliphatic rings. The van der Waals surface area contributed by atoms with Crippen LogP contribution in [0.4, 0.5) is 19.0 Å². The van der Waals surface area contributed by atoms with Crippen molar-refractivity contribution in [3.05, 3.63) is 58.9 Å². The number of likely N-dealkylation sites (tertiary alicyclic amines) is 1. The molecule has 0 bridgehead atoms. The van der Waals surface area contributed by atoms with Gasteiger partial charge in [0, 0.05) is 38.1 Å². The number of nitrogens with one attached hydrogen (secondary N) is 1. The molecule has 1 amide bonds. The number of piperidine rings is 1. The number of carbonyl (C=O) groups excluding carboxylic acids is 1. The Labute approximate surface area is 201 Å². The molecular formula is C25H28F3N5O2. The molecule has 0 unspecified atom stereocenters. The van der Waals surface area contributed by atoms with Gasteiger partial charge in [0.25, 0.3) is 6.43 Å². The van der Waals surface area contributed by atoms with E-state index in [0.29, 0.717) is 54.2 Å². The Morgan fingerprint density at radius 3 is 2.51 bits per heavy atom. The molecule has 3 heterocycles. The van der Waals surface area contributed by atoms with E-state index in [1.165, 1.54) is 12.1 Å². The Morgan fingerprint density at radius 2 is 1.89 bits per heavy atom. The molecular weight excluding hydrogens is 459 g/mol. The fourth-order valence-electron chi connectivity index (χ4n) is 4.61. The van der Waals surface area contributed by atoms with Crippen molar-refractivity contribution >= 4 is 22.6 Å². The van der Waals surface area contributed by atoms with Crippen molar-refractivity contribution in [2.75, 3.05) is 25.5 Å². The monoisotopic (exact) mass is 487 g/mol. The highest BCUT2D eigenvalue weighted by Crippen LogP contribution is 2.37.